The molecule has 0 bridgehead atoms. The van der Waals surface area contributed by atoms with Crippen molar-refractivity contribution in [2.45, 2.75) is 6.04 Å². The quantitative estimate of drug-likeness (QED) is 0.583. The lowest BCUT2D eigenvalue weighted by Crippen LogP contribution is -2.20. The number of carbonyl (C=O) groups is 1. The van der Waals surface area contributed by atoms with E-state index in [1.165, 1.54) is 12.1 Å². The maximum Gasteiger partial charge on any atom is 0.325 e. The Labute approximate surface area is 74.0 Å². The van der Waals surface area contributed by atoms with Gasteiger partial charge in [-0.1, -0.05) is 6.07 Å². The molecule has 0 saturated carbocycles. The highest BCUT2D eigenvalue weighted by atomic mass is 19.1. The van der Waals surface area contributed by atoms with Crippen LogP contribution < -0.4 is 11.5 Å². The molecule has 0 spiro atoms. The summed E-state index contributed by atoms with van der Waals surface area (Å²) in [6, 6.07) is 2.48. The van der Waals surface area contributed by atoms with E-state index in [0.717, 1.165) is 6.07 Å². The first-order valence-electron chi connectivity index (χ1n) is 3.55. The summed E-state index contributed by atoms with van der Waals surface area (Å²) >= 11 is 0. The number of carboxylic acid groups (broad SMARTS) is 1. The van der Waals surface area contributed by atoms with Gasteiger partial charge in [-0.25, -0.2) is 4.39 Å². The van der Waals surface area contributed by atoms with Crippen molar-refractivity contribution in [2.75, 3.05) is 5.73 Å². The fourth-order valence-electron chi connectivity index (χ4n) is 0.879. The van der Waals surface area contributed by atoms with Crippen LogP contribution in [0.3, 0.4) is 0 Å². The lowest BCUT2D eigenvalue weighted by molar-refractivity contribution is -0.138. The van der Waals surface area contributed by atoms with Crippen molar-refractivity contribution >= 4 is 11.7 Å². The first-order chi connectivity index (χ1) is 6.02. The number of nitrogens with two attached hydrogens (primary N) is 2. The van der Waals surface area contributed by atoms with Gasteiger partial charge in [-0.2, -0.15) is 0 Å². The van der Waals surface area contributed by atoms with Gasteiger partial charge in [-0.15, -0.1) is 0 Å². The Bertz CT molecular complexity index is 341. The van der Waals surface area contributed by atoms with Crippen LogP contribution in [0.15, 0.2) is 18.2 Å². The molecule has 1 rings (SSSR count). The molecule has 5 N–H and O–H groups in total. The molecule has 1 aromatic carbocycles. The summed E-state index contributed by atoms with van der Waals surface area (Å²) in [5.41, 5.74) is 10.6. The minimum atomic E-state index is -1.21. The van der Waals surface area contributed by atoms with Crippen molar-refractivity contribution < 1.29 is 14.3 Å². The molecule has 0 heterocycles. The third-order valence-electron chi connectivity index (χ3n) is 1.65. The molecule has 4 nitrogen and oxygen atoms in total. The first-order valence-corrected chi connectivity index (χ1v) is 3.55. The van der Waals surface area contributed by atoms with Crippen LogP contribution in [-0.2, 0) is 4.79 Å². The summed E-state index contributed by atoms with van der Waals surface area (Å²) in [7, 11) is 0. The highest BCUT2D eigenvalue weighted by molar-refractivity contribution is 5.75. The zero-order chi connectivity index (χ0) is 10.0. The average molecular weight is 184 g/mol. The largest absolute Gasteiger partial charge is 0.480 e. The van der Waals surface area contributed by atoms with Gasteiger partial charge in [0.05, 0.1) is 5.69 Å². The normalized spacial score (nSPS) is 12.5. The Morgan fingerprint density at radius 3 is 2.62 bits per heavy atom. The van der Waals surface area contributed by atoms with Crippen LogP contribution in [0.2, 0.25) is 0 Å². The Hall–Kier alpha value is -1.62. The van der Waals surface area contributed by atoms with E-state index >= 15 is 0 Å². The van der Waals surface area contributed by atoms with Crippen LogP contribution in [0.5, 0.6) is 0 Å². The molecule has 70 valence electrons. The fourth-order valence-corrected chi connectivity index (χ4v) is 0.879. The molecule has 1 atom stereocenters. The summed E-state index contributed by atoms with van der Waals surface area (Å²) in [5.74, 6) is -1.86. The minimum absolute atomic E-state index is 0.0265. The Morgan fingerprint density at radius 2 is 2.15 bits per heavy atom. The monoisotopic (exact) mass is 184 g/mol. The number of benzene rings is 1. The maximum atomic E-state index is 12.8. The molecular formula is C8H9FN2O2. The van der Waals surface area contributed by atoms with E-state index in [1.54, 1.807) is 0 Å². The predicted molar refractivity (Wildman–Crippen MR) is 45.4 cm³/mol. The number of anilines is 1. The van der Waals surface area contributed by atoms with Crippen molar-refractivity contribution in [2.24, 2.45) is 5.73 Å². The average Bonchev–Trinajstić information content (AvgIpc) is 2.08. The van der Waals surface area contributed by atoms with E-state index in [1.807, 2.05) is 0 Å². The molecule has 0 aliphatic rings. The van der Waals surface area contributed by atoms with Crippen LogP contribution in [-0.4, -0.2) is 11.1 Å². The standard InChI is InChI=1S/C8H9FN2O2/c9-5-3-4(1-2-6(5)10)7(11)8(12)13/h1-3,7H,10-11H2,(H,12,13). The zero-order valence-electron chi connectivity index (χ0n) is 6.70. The molecule has 5 heteroatoms. The summed E-state index contributed by atoms with van der Waals surface area (Å²) < 4.78 is 12.8. The van der Waals surface area contributed by atoms with Gasteiger partial charge in [0.25, 0.3) is 0 Å². The van der Waals surface area contributed by atoms with E-state index in [0.29, 0.717) is 0 Å². The van der Waals surface area contributed by atoms with Gasteiger partial charge in [0.1, 0.15) is 11.9 Å². The predicted octanol–water partition coefficient (Wildman–Crippen LogP) is 0.492. The summed E-state index contributed by atoms with van der Waals surface area (Å²) in [6.45, 7) is 0. The molecule has 13 heavy (non-hydrogen) atoms. The first kappa shape index (κ1) is 9.47. The van der Waals surface area contributed by atoms with Crippen molar-refractivity contribution in [3.05, 3.63) is 29.6 Å². The number of hydrogen-bond acceptors (Lipinski definition) is 3. The third kappa shape index (κ3) is 1.94. The van der Waals surface area contributed by atoms with Gasteiger partial charge in [0, 0.05) is 0 Å². The van der Waals surface area contributed by atoms with Crippen LogP contribution in [0.1, 0.15) is 11.6 Å². The molecule has 0 radical (unpaired) electrons. The molecule has 0 fully saturated rings. The SMILES string of the molecule is Nc1ccc(C(N)C(=O)O)cc1F. The van der Waals surface area contributed by atoms with E-state index in [2.05, 4.69) is 0 Å². The van der Waals surface area contributed by atoms with Crippen molar-refractivity contribution in [1.29, 1.82) is 0 Å². The number of halogens is 1. The Kier molecular flexibility index (Phi) is 2.48. The number of hydrogen-bond donors (Lipinski definition) is 3. The Morgan fingerprint density at radius 1 is 1.54 bits per heavy atom. The number of aliphatic carboxylic acids is 1. The van der Waals surface area contributed by atoms with Crippen LogP contribution >= 0.6 is 0 Å². The van der Waals surface area contributed by atoms with Crippen molar-refractivity contribution in [3.8, 4) is 0 Å². The van der Waals surface area contributed by atoms with E-state index in [4.69, 9.17) is 16.6 Å². The topological polar surface area (TPSA) is 89.3 Å². The second-order valence-electron chi connectivity index (χ2n) is 2.60. The summed E-state index contributed by atoms with van der Waals surface area (Å²) in [5, 5.41) is 8.52. The van der Waals surface area contributed by atoms with Crippen LogP contribution in [0.25, 0.3) is 0 Å². The van der Waals surface area contributed by atoms with E-state index < -0.39 is 17.8 Å². The van der Waals surface area contributed by atoms with E-state index in [-0.39, 0.29) is 11.3 Å². The number of rotatable bonds is 2. The number of carboxylic acids is 1. The Balaban J connectivity index is 3.03. The lowest BCUT2D eigenvalue weighted by atomic mass is 10.1. The van der Waals surface area contributed by atoms with Crippen LogP contribution in [0.4, 0.5) is 10.1 Å². The lowest BCUT2D eigenvalue weighted by Gasteiger charge is -2.06. The van der Waals surface area contributed by atoms with E-state index in [9.17, 15) is 9.18 Å². The van der Waals surface area contributed by atoms with Gasteiger partial charge in [0.15, 0.2) is 0 Å². The van der Waals surface area contributed by atoms with Gasteiger partial charge < -0.3 is 16.6 Å². The molecule has 1 aromatic rings. The smallest absolute Gasteiger partial charge is 0.325 e. The maximum absolute atomic E-state index is 12.8. The highest BCUT2D eigenvalue weighted by Gasteiger charge is 2.14. The van der Waals surface area contributed by atoms with Crippen molar-refractivity contribution in [3.63, 3.8) is 0 Å². The van der Waals surface area contributed by atoms with Crippen LogP contribution in [0, 0.1) is 5.82 Å². The fraction of sp³-hybridized carbons (Fsp3) is 0.125. The van der Waals surface area contributed by atoms with Gasteiger partial charge >= 0.3 is 5.97 Å². The summed E-state index contributed by atoms with van der Waals surface area (Å²) in [6.07, 6.45) is 0. The van der Waals surface area contributed by atoms with Gasteiger partial charge in [-0.05, 0) is 17.7 Å². The summed E-state index contributed by atoms with van der Waals surface area (Å²) in [4.78, 5) is 10.4. The van der Waals surface area contributed by atoms with Gasteiger partial charge in [0.2, 0.25) is 0 Å². The highest BCUT2D eigenvalue weighted by Crippen LogP contribution is 2.16. The molecule has 0 aromatic heterocycles. The molecule has 0 aliphatic carbocycles. The molecule has 0 amide bonds. The molecular weight excluding hydrogens is 175 g/mol. The molecule has 0 aliphatic heterocycles. The second kappa shape index (κ2) is 3.40. The zero-order valence-corrected chi connectivity index (χ0v) is 6.70. The number of nitrogen functional groups attached to an aromatic ring is 1. The third-order valence-corrected chi connectivity index (χ3v) is 1.65. The molecule has 1 unspecified atom stereocenters. The minimum Gasteiger partial charge on any atom is -0.480 e. The van der Waals surface area contributed by atoms with Crippen molar-refractivity contribution in [1.82, 2.24) is 0 Å². The van der Waals surface area contributed by atoms with Gasteiger partial charge in [-0.3, -0.25) is 4.79 Å². The molecule has 0 saturated heterocycles. The second-order valence-corrected chi connectivity index (χ2v) is 2.60.